The summed E-state index contributed by atoms with van der Waals surface area (Å²) in [7, 11) is 4.82. The zero-order valence-electron chi connectivity index (χ0n) is 11.0. The Bertz CT molecular complexity index is 383. The normalized spacial score (nSPS) is 9.28. The quantitative estimate of drug-likeness (QED) is 0.612. The van der Waals surface area contributed by atoms with E-state index in [4.69, 9.17) is 14.2 Å². The van der Waals surface area contributed by atoms with Crippen molar-refractivity contribution in [2.45, 2.75) is 6.54 Å². The molecular weight excluding hydrogens is 254 g/mol. The highest BCUT2D eigenvalue weighted by Crippen LogP contribution is 2.39. The van der Waals surface area contributed by atoms with Crippen molar-refractivity contribution in [2.24, 2.45) is 0 Å². The molecule has 0 bridgehead atoms. The predicted octanol–water partition coefficient (Wildman–Crippen LogP) is 2.41. The van der Waals surface area contributed by atoms with Crippen LogP contribution in [0.15, 0.2) is 24.8 Å². The van der Waals surface area contributed by atoms with E-state index in [1.807, 2.05) is 18.2 Å². The van der Waals surface area contributed by atoms with Crippen molar-refractivity contribution in [1.82, 2.24) is 5.32 Å². The fourth-order valence-electron chi connectivity index (χ4n) is 1.61. The van der Waals surface area contributed by atoms with Crippen molar-refractivity contribution >= 4 is 12.4 Å². The molecule has 1 aromatic rings. The Kier molecular flexibility index (Phi) is 8.00. The highest BCUT2D eigenvalue weighted by atomic mass is 35.5. The molecule has 0 unspecified atom stereocenters. The second-order valence-corrected chi connectivity index (χ2v) is 3.41. The number of halogens is 1. The summed E-state index contributed by atoms with van der Waals surface area (Å²) < 4.78 is 15.9. The molecule has 0 aromatic heterocycles. The molecule has 1 aromatic carbocycles. The van der Waals surface area contributed by atoms with Crippen LogP contribution in [0.5, 0.6) is 17.2 Å². The Morgan fingerprint density at radius 1 is 1.11 bits per heavy atom. The second kappa shape index (κ2) is 8.66. The number of benzene rings is 1. The van der Waals surface area contributed by atoms with Gasteiger partial charge in [-0.05, 0) is 6.07 Å². The van der Waals surface area contributed by atoms with E-state index in [1.165, 1.54) is 0 Å². The zero-order valence-corrected chi connectivity index (χ0v) is 11.8. The maximum Gasteiger partial charge on any atom is 0.203 e. The first kappa shape index (κ1) is 16.6. The highest BCUT2D eigenvalue weighted by Gasteiger charge is 2.14. The van der Waals surface area contributed by atoms with E-state index >= 15 is 0 Å². The van der Waals surface area contributed by atoms with Gasteiger partial charge in [0.1, 0.15) is 0 Å². The summed E-state index contributed by atoms with van der Waals surface area (Å²) in [5.41, 5.74) is 1.02. The van der Waals surface area contributed by atoms with Crippen LogP contribution in [-0.4, -0.2) is 27.9 Å². The maximum absolute atomic E-state index is 5.37. The minimum absolute atomic E-state index is 0. The summed E-state index contributed by atoms with van der Waals surface area (Å²) in [6, 6.07) is 3.82. The van der Waals surface area contributed by atoms with Gasteiger partial charge in [-0.15, -0.1) is 19.0 Å². The molecule has 0 saturated heterocycles. The van der Waals surface area contributed by atoms with Crippen molar-refractivity contribution in [3.63, 3.8) is 0 Å². The SMILES string of the molecule is C=CCNCc1ccc(OC)c(OC)c1OC.Cl. The largest absolute Gasteiger partial charge is 0.493 e. The van der Waals surface area contributed by atoms with Crippen LogP contribution in [-0.2, 0) is 6.54 Å². The number of ether oxygens (including phenoxy) is 3. The molecule has 0 aliphatic carbocycles. The Morgan fingerprint density at radius 2 is 1.78 bits per heavy atom. The van der Waals surface area contributed by atoms with Gasteiger partial charge < -0.3 is 19.5 Å². The highest BCUT2D eigenvalue weighted by molar-refractivity contribution is 5.85. The lowest BCUT2D eigenvalue weighted by Gasteiger charge is -2.15. The number of hydrogen-bond donors (Lipinski definition) is 1. The number of nitrogens with one attached hydrogen (secondary N) is 1. The third-order valence-corrected chi connectivity index (χ3v) is 2.39. The molecule has 5 heteroatoms. The molecule has 0 aliphatic rings. The lowest BCUT2D eigenvalue weighted by molar-refractivity contribution is 0.321. The summed E-state index contributed by atoms with van der Waals surface area (Å²) in [5.74, 6) is 1.98. The first-order valence-corrected chi connectivity index (χ1v) is 5.37. The first-order valence-electron chi connectivity index (χ1n) is 5.37. The third kappa shape index (κ3) is 3.82. The van der Waals surface area contributed by atoms with Gasteiger partial charge >= 0.3 is 0 Å². The van der Waals surface area contributed by atoms with Gasteiger partial charge in [-0.25, -0.2) is 0 Å². The van der Waals surface area contributed by atoms with Gasteiger partial charge in [-0.1, -0.05) is 12.1 Å². The molecule has 0 saturated carbocycles. The van der Waals surface area contributed by atoms with Gasteiger partial charge in [-0.2, -0.15) is 0 Å². The van der Waals surface area contributed by atoms with Gasteiger partial charge in [0.15, 0.2) is 11.5 Å². The van der Waals surface area contributed by atoms with Crippen LogP contribution in [0.25, 0.3) is 0 Å². The molecule has 0 amide bonds. The Hall–Kier alpha value is -1.39. The van der Waals surface area contributed by atoms with Crippen LogP contribution >= 0.6 is 12.4 Å². The van der Waals surface area contributed by atoms with Gasteiger partial charge in [-0.3, -0.25) is 0 Å². The van der Waals surface area contributed by atoms with Crippen molar-refractivity contribution in [1.29, 1.82) is 0 Å². The van der Waals surface area contributed by atoms with E-state index in [0.717, 1.165) is 12.1 Å². The van der Waals surface area contributed by atoms with Crippen molar-refractivity contribution in [3.8, 4) is 17.2 Å². The predicted molar refractivity (Wildman–Crippen MR) is 75.2 cm³/mol. The Labute approximate surface area is 114 Å². The van der Waals surface area contributed by atoms with Crippen LogP contribution in [0.4, 0.5) is 0 Å². The molecule has 4 nitrogen and oxygen atoms in total. The van der Waals surface area contributed by atoms with Crippen LogP contribution in [0.1, 0.15) is 5.56 Å². The number of hydrogen-bond acceptors (Lipinski definition) is 4. The molecular formula is C13H20ClNO3. The van der Waals surface area contributed by atoms with Crippen LogP contribution < -0.4 is 19.5 Å². The fourth-order valence-corrected chi connectivity index (χ4v) is 1.61. The van der Waals surface area contributed by atoms with Gasteiger partial charge in [0.25, 0.3) is 0 Å². The van der Waals surface area contributed by atoms with Gasteiger partial charge in [0.05, 0.1) is 21.3 Å². The summed E-state index contributed by atoms with van der Waals surface area (Å²) in [5, 5.41) is 3.22. The molecule has 1 N–H and O–H groups in total. The van der Waals surface area contributed by atoms with Gasteiger partial charge in [0, 0.05) is 18.7 Å². The molecule has 0 atom stereocenters. The standard InChI is InChI=1S/C13H19NO3.ClH/c1-5-8-14-9-10-6-7-11(15-2)13(17-4)12(10)16-3;/h5-7,14H,1,8-9H2,2-4H3;1H. The van der Waals surface area contributed by atoms with Crippen molar-refractivity contribution in [2.75, 3.05) is 27.9 Å². The summed E-state index contributed by atoms with van der Waals surface area (Å²) in [6.07, 6.45) is 1.81. The third-order valence-electron chi connectivity index (χ3n) is 2.39. The molecule has 0 aliphatic heterocycles. The van der Waals surface area contributed by atoms with Crippen LogP contribution in [0.3, 0.4) is 0 Å². The Morgan fingerprint density at radius 3 is 2.28 bits per heavy atom. The van der Waals surface area contributed by atoms with E-state index in [2.05, 4.69) is 11.9 Å². The maximum atomic E-state index is 5.37. The summed E-state index contributed by atoms with van der Waals surface area (Å²) in [4.78, 5) is 0. The Balaban J connectivity index is 0.00000289. The minimum atomic E-state index is 0. The molecule has 1 rings (SSSR count). The number of methoxy groups -OCH3 is 3. The smallest absolute Gasteiger partial charge is 0.203 e. The fraction of sp³-hybridized carbons (Fsp3) is 0.385. The second-order valence-electron chi connectivity index (χ2n) is 3.41. The van der Waals surface area contributed by atoms with Crippen LogP contribution in [0, 0.1) is 0 Å². The van der Waals surface area contributed by atoms with Crippen molar-refractivity contribution < 1.29 is 14.2 Å². The zero-order chi connectivity index (χ0) is 12.7. The summed E-state index contributed by atoms with van der Waals surface area (Å²) >= 11 is 0. The molecule has 0 spiro atoms. The minimum Gasteiger partial charge on any atom is -0.493 e. The lowest BCUT2D eigenvalue weighted by Crippen LogP contribution is -2.13. The van der Waals surface area contributed by atoms with E-state index < -0.39 is 0 Å². The van der Waals surface area contributed by atoms with E-state index in [9.17, 15) is 0 Å². The molecule has 0 radical (unpaired) electrons. The number of rotatable bonds is 7. The average Bonchev–Trinajstić information content (AvgIpc) is 2.38. The molecule has 102 valence electrons. The van der Waals surface area contributed by atoms with Gasteiger partial charge in [0.2, 0.25) is 5.75 Å². The van der Waals surface area contributed by atoms with E-state index in [0.29, 0.717) is 23.8 Å². The first-order chi connectivity index (χ1) is 8.28. The van der Waals surface area contributed by atoms with E-state index in [-0.39, 0.29) is 12.4 Å². The van der Waals surface area contributed by atoms with Crippen LogP contribution in [0.2, 0.25) is 0 Å². The summed E-state index contributed by atoms with van der Waals surface area (Å²) in [6.45, 7) is 5.09. The monoisotopic (exact) mass is 273 g/mol. The topological polar surface area (TPSA) is 39.7 Å². The molecule has 18 heavy (non-hydrogen) atoms. The molecule has 0 fully saturated rings. The lowest BCUT2D eigenvalue weighted by atomic mass is 10.1. The average molecular weight is 274 g/mol. The molecule has 0 heterocycles. The van der Waals surface area contributed by atoms with E-state index in [1.54, 1.807) is 21.3 Å². The van der Waals surface area contributed by atoms with Crippen molar-refractivity contribution in [3.05, 3.63) is 30.4 Å².